The van der Waals surface area contributed by atoms with E-state index in [0.717, 1.165) is 0 Å². The molecule has 2 heterocycles. The molecule has 0 unspecified atom stereocenters. The predicted octanol–water partition coefficient (Wildman–Crippen LogP) is 1.19. The highest BCUT2D eigenvalue weighted by atomic mass is 19.4. The van der Waals surface area contributed by atoms with Crippen molar-refractivity contribution in [2.45, 2.75) is 26.1 Å². The number of aryl methyl sites for hydroxylation is 1. The van der Waals surface area contributed by atoms with E-state index in [1.807, 2.05) is 4.90 Å². The summed E-state index contributed by atoms with van der Waals surface area (Å²) in [6.45, 7) is 4.22. The lowest BCUT2D eigenvalue weighted by Gasteiger charge is -2.28. The first-order valence-corrected chi connectivity index (χ1v) is 6.84. The normalized spacial score (nSPS) is 15.7. The Labute approximate surface area is 125 Å². The van der Waals surface area contributed by atoms with Crippen LogP contribution in [-0.2, 0) is 16.1 Å². The molecule has 1 fully saturated rings. The Balaban J connectivity index is 1.99. The van der Waals surface area contributed by atoms with Crippen LogP contribution < -0.4 is 10.2 Å². The van der Waals surface area contributed by atoms with E-state index < -0.39 is 18.5 Å². The molecule has 9 heteroatoms. The molecule has 0 atom stereocenters. The summed E-state index contributed by atoms with van der Waals surface area (Å²) in [4.78, 5) is 21.6. The summed E-state index contributed by atoms with van der Waals surface area (Å²) < 4.78 is 41.5. The lowest BCUT2D eigenvalue weighted by Crippen LogP contribution is -2.37. The summed E-state index contributed by atoms with van der Waals surface area (Å²) in [7, 11) is 0. The van der Waals surface area contributed by atoms with Gasteiger partial charge in [0.1, 0.15) is 18.1 Å². The molecule has 0 aromatic carbocycles. The Morgan fingerprint density at radius 2 is 2.05 bits per heavy atom. The molecule has 1 aliphatic rings. The summed E-state index contributed by atoms with van der Waals surface area (Å²) in [5.41, 5.74) is 0.691. The van der Waals surface area contributed by atoms with Gasteiger partial charge < -0.3 is 15.0 Å². The molecule has 1 aromatic rings. The number of halogens is 3. The zero-order valence-corrected chi connectivity index (χ0v) is 12.1. The third-order valence-corrected chi connectivity index (χ3v) is 3.03. The van der Waals surface area contributed by atoms with Crippen molar-refractivity contribution in [3.8, 4) is 0 Å². The van der Waals surface area contributed by atoms with Crippen LogP contribution in [0, 0.1) is 6.92 Å². The fraction of sp³-hybridized carbons (Fsp3) is 0.615. The number of ether oxygens (including phenoxy) is 1. The fourth-order valence-electron chi connectivity index (χ4n) is 2.07. The maximum absolute atomic E-state index is 12.1. The number of hydrogen-bond donors (Lipinski definition) is 1. The second-order valence-corrected chi connectivity index (χ2v) is 4.95. The van der Waals surface area contributed by atoms with Crippen molar-refractivity contribution in [1.29, 1.82) is 0 Å². The van der Waals surface area contributed by atoms with Crippen molar-refractivity contribution in [3.63, 3.8) is 0 Å². The molecule has 1 aromatic heterocycles. The number of amides is 1. The third kappa shape index (κ3) is 5.14. The molecule has 122 valence electrons. The van der Waals surface area contributed by atoms with E-state index in [-0.39, 0.29) is 12.4 Å². The van der Waals surface area contributed by atoms with E-state index in [9.17, 15) is 18.0 Å². The topological polar surface area (TPSA) is 67.3 Å². The highest BCUT2D eigenvalue weighted by Crippen LogP contribution is 2.19. The van der Waals surface area contributed by atoms with E-state index in [0.29, 0.717) is 37.8 Å². The van der Waals surface area contributed by atoms with Crippen LogP contribution >= 0.6 is 0 Å². The van der Waals surface area contributed by atoms with E-state index in [1.54, 1.807) is 13.0 Å². The minimum atomic E-state index is -4.52. The molecule has 0 saturated carbocycles. The highest BCUT2D eigenvalue weighted by Gasteiger charge is 2.31. The maximum Gasteiger partial charge on any atom is 0.397 e. The number of rotatable bonds is 4. The summed E-state index contributed by atoms with van der Waals surface area (Å²) in [5, 5.41) is 2.19. The van der Waals surface area contributed by atoms with Crippen LogP contribution in [0.2, 0.25) is 0 Å². The van der Waals surface area contributed by atoms with Gasteiger partial charge in [-0.15, -0.1) is 0 Å². The highest BCUT2D eigenvalue weighted by molar-refractivity contribution is 5.76. The molecule has 0 spiro atoms. The minimum Gasteiger partial charge on any atom is -0.378 e. The lowest BCUT2D eigenvalue weighted by molar-refractivity contribution is -0.153. The predicted molar refractivity (Wildman–Crippen MR) is 72.3 cm³/mol. The summed E-state index contributed by atoms with van der Waals surface area (Å²) in [5.74, 6) is -0.113. The van der Waals surface area contributed by atoms with Crippen LogP contribution in [0.1, 0.15) is 17.9 Å². The van der Waals surface area contributed by atoms with Gasteiger partial charge in [-0.05, 0) is 6.92 Å². The first-order chi connectivity index (χ1) is 10.3. The van der Waals surface area contributed by atoms with Crippen LogP contribution in [-0.4, -0.2) is 48.4 Å². The Hall–Kier alpha value is -1.90. The van der Waals surface area contributed by atoms with E-state index in [2.05, 4.69) is 15.3 Å². The molecular formula is C13H17F3N4O2. The Bertz CT molecular complexity index is 531. The number of nitrogens with one attached hydrogen (secondary N) is 1. The van der Waals surface area contributed by atoms with Crippen molar-refractivity contribution in [1.82, 2.24) is 15.3 Å². The fourth-order valence-corrected chi connectivity index (χ4v) is 2.07. The van der Waals surface area contributed by atoms with Gasteiger partial charge in [0.15, 0.2) is 0 Å². The smallest absolute Gasteiger partial charge is 0.378 e. The molecule has 0 aliphatic carbocycles. The van der Waals surface area contributed by atoms with Gasteiger partial charge in [0.25, 0.3) is 0 Å². The van der Waals surface area contributed by atoms with Crippen LogP contribution in [0.15, 0.2) is 6.07 Å². The quantitative estimate of drug-likeness (QED) is 0.903. The van der Waals surface area contributed by atoms with Gasteiger partial charge in [-0.25, -0.2) is 9.97 Å². The molecule has 1 amide bonds. The van der Waals surface area contributed by atoms with Crippen molar-refractivity contribution >= 4 is 11.7 Å². The van der Waals surface area contributed by atoms with Gasteiger partial charge in [0, 0.05) is 24.8 Å². The van der Waals surface area contributed by atoms with Gasteiger partial charge in [-0.3, -0.25) is 4.79 Å². The van der Waals surface area contributed by atoms with Crippen LogP contribution in [0.5, 0.6) is 0 Å². The van der Waals surface area contributed by atoms with Gasteiger partial charge in [-0.1, -0.05) is 0 Å². The Morgan fingerprint density at radius 3 is 2.68 bits per heavy atom. The Morgan fingerprint density at radius 1 is 1.36 bits per heavy atom. The van der Waals surface area contributed by atoms with E-state index in [1.165, 1.54) is 0 Å². The molecule has 1 aliphatic heterocycles. The molecule has 6 nitrogen and oxygen atoms in total. The number of carbonyl (C=O) groups excluding carboxylic acids is 1. The number of carbonyl (C=O) groups is 1. The van der Waals surface area contributed by atoms with Crippen molar-refractivity contribution in [2.75, 3.05) is 31.2 Å². The second kappa shape index (κ2) is 6.91. The number of aromatic nitrogens is 2. The minimum absolute atomic E-state index is 0.131. The van der Waals surface area contributed by atoms with Crippen LogP contribution in [0.25, 0.3) is 0 Å². The van der Waals surface area contributed by atoms with Crippen molar-refractivity contribution in [2.24, 2.45) is 0 Å². The zero-order valence-electron chi connectivity index (χ0n) is 12.1. The third-order valence-electron chi connectivity index (χ3n) is 3.03. The first kappa shape index (κ1) is 16.5. The molecule has 1 N–H and O–H groups in total. The van der Waals surface area contributed by atoms with Crippen LogP contribution in [0.4, 0.5) is 19.0 Å². The Kier molecular flexibility index (Phi) is 5.17. The maximum atomic E-state index is 12.1. The molecule has 1 saturated heterocycles. The average molecular weight is 318 g/mol. The molecular weight excluding hydrogens is 301 g/mol. The van der Waals surface area contributed by atoms with Gasteiger partial charge in [-0.2, -0.15) is 13.2 Å². The number of morpholine rings is 1. The van der Waals surface area contributed by atoms with Crippen LogP contribution in [0.3, 0.4) is 0 Å². The van der Waals surface area contributed by atoms with Crippen molar-refractivity contribution < 1.29 is 22.7 Å². The monoisotopic (exact) mass is 318 g/mol. The number of anilines is 1. The number of alkyl halides is 3. The van der Waals surface area contributed by atoms with Gasteiger partial charge >= 0.3 is 6.18 Å². The van der Waals surface area contributed by atoms with Gasteiger partial charge in [0.2, 0.25) is 5.91 Å². The van der Waals surface area contributed by atoms with Crippen molar-refractivity contribution in [3.05, 3.63) is 17.6 Å². The number of nitrogens with zero attached hydrogens (tertiary/aromatic N) is 3. The molecule has 22 heavy (non-hydrogen) atoms. The second-order valence-electron chi connectivity index (χ2n) is 4.95. The molecule has 0 radical (unpaired) electrons. The standard InChI is InChI=1S/C13H17F3N4O2/c1-9-6-11(20-2-4-22-5-3-20)19-10(18-9)8-17-12(21)7-13(14,15)16/h6H,2-5,7-8H2,1H3,(H,17,21). The summed E-state index contributed by atoms with van der Waals surface area (Å²) >= 11 is 0. The van der Waals surface area contributed by atoms with Gasteiger partial charge in [0.05, 0.1) is 19.8 Å². The SMILES string of the molecule is Cc1cc(N2CCOCC2)nc(CNC(=O)CC(F)(F)F)n1. The molecule has 0 bridgehead atoms. The summed E-state index contributed by atoms with van der Waals surface area (Å²) in [6, 6.07) is 1.80. The zero-order chi connectivity index (χ0) is 16.2. The number of hydrogen-bond acceptors (Lipinski definition) is 5. The average Bonchev–Trinajstić information content (AvgIpc) is 2.44. The first-order valence-electron chi connectivity index (χ1n) is 6.84. The van der Waals surface area contributed by atoms with E-state index in [4.69, 9.17) is 4.74 Å². The molecule has 2 rings (SSSR count). The summed E-state index contributed by atoms with van der Waals surface area (Å²) in [6.07, 6.45) is -6.02. The lowest BCUT2D eigenvalue weighted by atomic mass is 10.3. The van der Waals surface area contributed by atoms with E-state index >= 15 is 0 Å². The largest absolute Gasteiger partial charge is 0.397 e.